The first kappa shape index (κ1) is 19.6. The second-order valence-electron chi connectivity index (χ2n) is 6.61. The molecule has 0 radical (unpaired) electrons. The van der Waals surface area contributed by atoms with Crippen LogP contribution in [-0.4, -0.2) is 5.91 Å². The van der Waals surface area contributed by atoms with Crippen molar-refractivity contribution < 1.29 is 4.79 Å². The van der Waals surface area contributed by atoms with E-state index in [1.165, 1.54) is 6.08 Å². The van der Waals surface area contributed by atoms with Gasteiger partial charge in [-0.3, -0.25) is 4.79 Å². The van der Waals surface area contributed by atoms with E-state index in [4.69, 9.17) is 23.2 Å². The molecule has 2 aromatic carbocycles. The summed E-state index contributed by atoms with van der Waals surface area (Å²) in [6, 6.07) is 11.4. The van der Waals surface area contributed by atoms with Crippen LogP contribution in [0.15, 0.2) is 42.5 Å². The number of hydrogen-bond donors (Lipinski definition) is 1. The summed E-state index contributed by atoms with van der Waals surface area (Å²) in [6.45, 7) is 8.49. The third kappa shape index (κ3) is 5.10. The van der Waals surface area contributed by atoms with Crippen molar-refractivity contribution in [3.05, 3.63) is 69.2 Å². The molecule has 0 bridgehead atoms. The number of halogens is 2. The highest BCUT2D eigenvalue weighted by Gasteiger charge is 2.15. The first-order chi connectivity index (χ1) is 11.8. The SMILES string of the molecule is CC(C)c1cccc(C(C)C)c1NC(=O)C=Cc1ccc(Cl)cc1Cl. The molecule has 0 saturated heterocycles. The standard InChI is InChI=1S/C21H23Cl2NO/c1-13(2)17-6-5-7-18(14(3)4)21(17)24-20(25)11-9-15-8-10-16(22)12-19(15)23/h5-14H,1-4H3,(H,24,25). The van der Waals surface area contributed by atoms with E-state index in [1.807, 2.05) is 6.07 Å². The maximum Gasteiger partial charge on any atom is 0.248 e. The smallest absolute Gasteiger partial charge is 0.248 e. The number of carbonyl (C=O) groups is 1. The molecule has 25 heavy (non-hydrogen) atoms. The molecule has 0 aromatic heterocycles. The van der Waals surface area contributed by atoms with Gasteiger partial charge in [-0.2, -0.15) is 0 Å². The topological polar surface area (TPSA) is 29.1 Å². The third-order valence-corrected chi connectivity index (χ3v) is 4.56. The minimum absolute atomic E-state index is 0.180. The molecule has 2 aromatic rings. The van der Waals surface area contributed by atoms with E-state index in [1.54, 1.807) is 24.3 Å². The van der Waals surface area contributed by atoms with Crippen molar-refractivity contribution >= 4 is 40.9 Å². The van der Waals surface area contributed by atoms with Gasteiger partial charge in [-0.25, -0.2) is 0 Å². The Hall–Kier alpha value is -1.77. The van der Waals surface area contributed by atoms with Crippen LogP contribution in [0.2, 0.25) is 10.0 Å². The molecule has 0 saturated carbocycles. The molecule has 2 rings (SSSR count). The van der Waals surface area contributed by atoms with E-state index in [0.29, 0.717) is 21.9 Å². The average molecular weight is 376 g/mol. The molecule has 0 unspecified atom stereocenters. The Morgan fingerprint density at radius 2 is 1.60 bits per heavy atom. The maximum atomic E-state index is 12.4. The van der Waals surface area contributed by atoms with Crippen molar-refractivity contribution in [1.29, 1.82) is 0 Å². The first-order valence-electron chi connectivity index (χ1n) is 8.36. The normalized spacial score (nSPS) is 11.5. The minimum atomic E-state index is -0.180. The second kappa shape index (κ2) is 8.55. The summed E-state index contributed by atoms with van der Waals surface area (Å²) >= 11 is 12.0. The summed E-state index contributed by atoms with van der Waals surface area (Å²) in [5.41, 5.74) is 3.93. The van der Waals surface area contributed by atoms with Crippen molar-refractivity contribution in [2.24, 2.45) is 0 Å². The molecule has 0 heterocycles. The van der Waals surface area contributed by atoms with Gasteiger partial charge in [-0.05, 0) is 46.7 Å². The van der Waals surface area contributed by atoms with E-state index in [2.05, 4.69) is 45.1 Å². The average Bonchev–Trinajstić information content (AvgIpc) is 2.53. The lowest BCUT2D eigenvalue weighted by Gasteiger charge is -2.19. The number of hydrogen-bond acceptors (Lipinski definition) is 1. The molecule has 0 aliphatic heterocycles. The van der Waals surface area contributed by atoms with Gasteiger partial charge in [0.25, 0.3) is 0 Å². The Balaban J connectivity index is 2.27. The molecule has 0 fully saturated rings. The highest BCUT2D eigenvalue weighted by molar-refractivity contribution is 6.35. The third-order valence-electron chi connectivity index (χ3n) is 4.00. The maximum absolute atomic E-state index is 12.4. The quantitative estimate of drug-likeness (QED) is 0.566. The van der Waals surface area contributed by atoms with Crippen LogP contribution in [0.3, 0.4) is 0 Å². The van der Waals surface area contributed by atoms with Crippen LogP contribution in [-0.2, 0) is 4.79 Å². The Morgan fingerprint density at radius 3 is 2.12 bits per heavy atom. The van der Waals surface area contributed by atoms with Crippen LogP contribution in [0.1, 0.15) is 56.2 Å². The van der Waals surface area contributed by atoms with E-state index in [9.17, 15) is 4.79 Å². The summed E-state index contributed by atoms with van der Waals surface area (Å²) in [5, 5.41) is 4.13. The van der Waals surface area contributed by atoms with Gasteiger partial charge in [-0.1, -0.05) is 75.2 Å². The van der Waals surface area contributed by atoms with Gasteiger partial charge in [0.15, 0.2) is 0 Å². The number of amides is 1. The van der Waals surface area contributed by atoms with Gasteiger partial charge in [-0.15, -0.1) is 0 Å². The molecule has 1 amide bonds. The van der Waals surface area contributed by atoms with Crippen LogP contribution in [0, 0.1) is 0 Å². The second-order valence-corrected chi connectivity index (χ2v) is 7.45. The van der Waals surface area contributed by atoms with Gasteiger partial charge in [0.2, 0.25) is 5.91 Å². The number of nitrogens with one attached hydrogen (secondary N) is 1. The Labute approximate surface area is 159 Å². The molecule has 132 valence electrons. The van der Waals surface area contributed by atoms with Gasteiger partial charge in [0, 0.05) is 21.8 Å². The monoisotopic (exact) mass is 375 g/mol. The van der Waals surface area contributed by atoms with Gasteiger partial charge < -0.3 is 5.32 Å². The molecule has 0 aliphatic rings. The fourth-order valence-electron chi connectivity index (χ4n) is 2.66. The van der Waals surface area contributed by atoms with Crippen LogP contribution >= 0.6 is 23.2 Å². The predicted molar refractivity (Wildman–Crippen MR) is 109 cm³/mol. The van der Waals surface area contributed by atoms with E-state index in [-0.39, 0.29) is 5.91 Å². The first-order valence-corrected chi connectivity index (χ1v) is 9.12. The van der Waals surface area contributed by atoms with E-state index in [0.717, 1.165) is 22.4 Å². The van der Waals surface area contributed by atoms with Crippen LogP contribution in [0.4, 0.5) is 5.69 Å². The number of carbonyl (C=O) groups excluding carboxylic acids is 1. The lowest BCUT2D eigenvalue weighted by molar-refractivity contribution is -0.111. The zero-order valence-electron chi connectivity index (χ0n) is 14.9. The Morgan fingerprint density at radius 1 is 1.00 bits per heavy atom. The van der Waals surface area contributed by atoms with Crippen molar-refractivity contribution in [2.75, 3.05) is 5.32 Å². The molecule has 4 heteroatoms. The Bertz CT molecular complexity index is 768. The van der Waals surface area contributed by atoms with Crippen LogP contribution in [0.5, 0.6) is 0 Å². The largest absolute Gasteiger partial charge is 0.322 e. The summed E-state index contributed by atoms with van der Waals surface area (Å²) in [6.07, 6.45) is 3.19. The molecule has 1 N–H and O–H groups in total. The van der Waals surface area contributed by atoms with Crippen LogP contribution in [0.25, 0.3) is 6.08 Å². The molecular formula is C21H23Cl2NO. The highest BCUT2D eigenvalue weighted by atomic mass is 35.5. The van der Waals surface area contributed by atoms with E-state index >= 15 is 0 Å². The molecule has 0 aliphatic carbocycles. The molecular weight excluding hydrogens is 353 g/mol. The number of para-hydroxylation sites is 1. The summed E-state index contributed by atoms with van der Waals surface area (Å²) in [5.74, 6) is 0.466. The summed E-state index contributed by atoms with van der Waals surface area (Å²) < 4.78 is 0. The fourth-order valence-corrected chi connectivity index (χ4v) is 3.13. The Kier molecular flexibility index (Phi) is 6.69. The predicted octanol–water partition coefficient (Wildman–Crippen LogP) is 6.89. The molecule has 0 spiro atoms. The zero-order valence-corrected chi connectivity index (χ0v) is 16.4. The van der Waals surface area contributed by atoms with Gasteiger partial charge in [0.1, 0.15) is 0 Å². The fraction of sp³-hybridized carbons (Fsp3) is 0.286. The van der Waals surface area contributed by atoms with Crippen molar-refractivity contribution in [3.8, 4) is 0 Å². The van der Waals surface area contributed by atoms with Crippen LogP contribution < -0.4 is 5.32 Å². The summed E-state index contributed by atoms with van der Waals surface area (Å²) in [7, 11) is 0. The van der Waals surface area contributed by atoms with Gasteiger partial charge >= 0.3 is 0 Å². The van der Waals surface area contributed by atoms with Gasteiger partial charge in [0.05, 0.1) is 0 Å². The molecule has 0 atom stereocenters. The highest BCUT2D eigenvalue weighted by Crippen LogP contribution is 2.32. The lowest BCUT2D eigenvalue weighted by Crippen LogP contribution is -2.13. The van der Waals surface area contributed by atoms with Crippen molar-refractivity contribution in [3.63, 3.8) is 0 Å². The molecule has 2 nitrogen and oxygen atoms in total. The minimum Gasteiger partial charge on any atom is -0.322 e. The number of benzene rings is 2. The number of rotatable bonds is 5. The number of anilines is 1. The summed E-state index contributed by atoms with van der Waals surface area (Å²) in [4.78, 5) is 12.4. The lowest BCUT2D eigenvalue weighted by atomic mass is 9.92. The van der Waals surface area contributed by atoms with E-state index < -0.39 is 0 Å². The zero-order chi connectivity index (χ0) is 18.6. The van der Waals surface area contributed by atoms with Crippen molar-refractivity contribution in [1.82, 2.24) is 0 Å². The van der Waals surface area contributed by atoms with Crippen molar-refractivity contribution in [2.45, 2.75) is 39.5 Å².